The van der Waals surface area contributed by atoms with Crippen molar-refractivity contribution in [2.24, 2.45) is 11.8 Å². The molecule has 7 heteroatoms. The van der Waals surface area contributed by atoms with Crippen LogP contribution in [0.3, 0.4) is 0 Å². The molecule has 7 nitrogen and oxygen atoms in total. The van der Waals surface area contributed by atoms with Gasteiger partial charge in [0.1, 0.15) is 5.82 Å². The molecule has 1 aromatic heterocycles. The molecular weight excluding hydrogens is 390 g/mol. The molecule has 0 spiro atoms. The van der Waals surface area contributed by atoms with Crippen molar-refractivity contribution in [2.45, 2.75) is 70.9 Å². The summed E-state index contributed by atoms with van der Waals surface area (Å²) in [5, 5.41) is 0. The van der Waals surface area contributed by atoms with E-state index in [4.69, 9.17) is 14.7 Å². The lowest BCUT2D eigenvalue weighted by molar-refractivity contribution is -0.149. The second kappa shape index (κ2) is 8.93. The Bertz CT molecular complexity index is 796. The van der Waals surface area contributed by atoms with Crippen LogP contribution in [-0.4, -0.2) is 72.3 Å². The molecule has 1 aromatic rings. The van der Waals surface area contributed by atoms with Crippen molar-refractivity contribution in [3.63, 3.8) is 0 Å². The van der Waals surface area contributed by atoms with Crippen LogP contribution in [0.25, 0.3) is 0 Å². The van der Waals surface area contributed by atoms with Crippen LogP contribution in [0.5, 0.6) is 0 Å². The van der Waals surface area contributed by atoms with E-state index in [1.807, 2.05) is 0 Å². The number of hydrogen-bond acceptors (Lipinski definition) is 6. The second-order valence-corrected chi connectivity index (χ2v) is 9.75. The largest absolute Gasteiger partial charge is 0.378 e. The molecule has 4 atom stereocenters. The number of hydrogen-bond donors (Lipinski definition) is 0. The average molecular weight is 428 g/mol. The van der Waals surface area contributed by atoms with E-state index in [1.165, 1.54) is 12.8 Å². The minimum Gasteiger partial charge on any atom is -0.378 e. The Morgan fingerprint density at radius 3 is 2.68 bits per heavy atom. The summed E-state index contributed by atoms with van der Waals surface area (Å²) in [5.41, 5.74) is 1.11. The highest BCUT2D eigenvalue weighted by atomic mass is 16.5. The number of anilines is 2. The first-order valence-corrected chi connectivity index (χ1v) is 12.4. The molecule has 4 saturated heterocycles. The van der Waals surface area contributed by atoms with Gasteiger partial charge in [0.05, 0.1) is 13.2 Å². The number of piperidine rings is 3. The summed E-state index contributed by atoms with van der Waals surface area (Å²) in [7, 11) is 0. The van der Waals surface area contributed by atoms with Crippen molar-refractivity contribution in [1.29, 1.82) is 0 Å². The van der Waals surface area contributed by atoms with Crippen molar-refractivity contribution in [3.8, 4) is 0 Å². The van der Waals surface area contributed by atoms with Gasteiger partial charge in [0.15, 0.2) is 0 Å². The number of rotatable bonds is 5. The van der Waals surface area contributed by atoms with Gasteiger partial charge in [-0.2, -0.15) is 4.98 Å². The van der Waals surface area contributed by atoms with E-state index in [2.05, 4.69) is 34.6 Å². The first kappa shape index (κ1) is 21.0. The van der Waals surface area contributed by atoms with Gasteiger partial charge in [-0.05, 0) is 43.9 Å². The third-order valence-electron chi connectivity index (χ3n) is 7.82. The number of carbonyl (C=O) groups is 1. The van der Waals surface area contributed by atoms with Crippen molar-refractivity contribution in [1.82, 2.24) is 14.9 Å². The number of morpholine rings is 1. The van der Waals surface area contributed by atoms with Gasteiger partial charge in [0.25, 0.3) is 0 Å². The Labute approximate surface area is 186 Å². The summed E-state index contributed by atoms with van der Waals surface area (Å²) in [5.74, 6) is 3.44. The molecule has 4 aliphatic heterocycles. The van der Waals surface area contributed by atoms with Crippen LogP contribution in [0.2, 0.25) is 0 Å². The Balaban J connectivity index is 1.43. The Hall–Kier alpha value is -1.89. The maximum Gasteiger partial charge on any atom is 0.227 e. The lowest BCUT2D eigenvalue weighted by atomic mass is 9.71. The van der Waals surface area contributed by atoms with Gasteiger partial charge >= 0.3 is 0 Å². The summed E-state index contributed by atoms with van der Waals surface area (Å²) in [6, 6.07) is 3.01. The van der Waals surface area contributed by atoms with E-state index in [0.29, 0.717) is 29.8 Å². The number of fused-ring (bicyclic) bond motifs is 4. The third kappa shape index (κ3) is 4.01. The van der Waals surface area contributed by atoms with Crippen LogP contribution >= 0.6 is 0 Å². The lowest BCUT2D eigenvalue weighted by Crippen LogP contribution is -2.65. The second-order valence-electron chi connectivity index (χ2n) is 9.75. The monoisotopic (exact) mass is 427 g/mol. The van der Waals surface area contributed by atoms with E-state index in [9.17, 15) is 4.79 Å². The predicted octanol–water partition coefficient (Wildman–Crippen LogP) is 2.88. The van der Waals surface area contributed by atoms with Gasteiger partial charge < -0.3 is 19.4 Å². The maximum absolute atomic E-state index is 12.9. The highest BCUT2D eigenvalue weighted by molar-refractivity contribution is 5.78. The molecule has 1 amide bonds. The Morgan fingerprint density at radius 1 is 1.10 bits per heavy atom. The zero-order valence-corrected chi connectivity index (χ0v) is 19.1. The first-order chi connectivity index (χ1) is 15.2. The van der Waals surface area contributed by atoms with Crippen LogP contribution in [-0.2, 0) is 16.0 Å². The molecule has 4 fully saturated rings. The molecule has 5 rings (SSSR count). The number of amides is 1. The molecule has 2 bridgehead atoms. The van der Waals surface area contributed by atoms with E-state index < -0.39 is 0 Å². The number of aromatic nitrogens is 2. The Kier molecular flexibility index (Phi) is 6.04. The lowest BCUT2D eigenvalue weighted by Gasteiger charge is -2.57. The van der Waals surface area contributed by atoms with Crippen molar-refractivity contribution in [2.75, 3.05) is 49.2 Å². The van der Waals surface area contributed by atoms with Crippen LogP contribution in [0.4, 0.5) is 11.8 Å². The third-order valence-corrected chi connectivity index (χ3v) is 7.82. The minimum absolute atomic E-state index is 0.396. The topological polar surface area (TPSA) is 61.8 Å². The summed E-state index contributed by atoms with van der Waals surface area (Å²) < 4.78 is 5.53. The average Bonchev–Trinajstić information content (AvgIpc) is 2.82. The van der Waals surface area contributed by atoms with Crippen LogP contribution in [0.1, 0.15) is 58.1 Å². The fourth-order valence-electron chi connectivity index (χ4n) is 6.35. The molecule has 0 saturated carbocycles. The highest BCUT2D eigenvalue weighted by Gasteiger charge is 2.49. The molecular formula is C24H37N5O2. The first-order valence-electron chi connectivity index (χ1n) is 12.4. The summed E-state index contributed by atoms with van der Waals surface area (Å²) in [6.45, 7) is 9.63. The summed E-state index contributed by atoms with van der Waals surface area (Å²) >= 11 is 0. The SMILES string of the molecule is CCC[C@H]1[C@H]2C[C@H](CN(c3cc(CC)nc(N4CCOCC4)n3)C2)[C@@H]2CCCC(=O)N21. The molecule has 31 heavy (non-hydrogen) atoms. The van der Waals surface area contributed by atoms with Gasteiger partial charge in [0, 0.05) is 56.4 Å². The molecule has 4 aliphatic rings. The molecule has 0 aromatic carbocycles. The Morgan fingerprint density at radius 2 is 1.90 bits per heavy atom. The number of aryl methyl sites for hydroxylation is 1. The van der Waals surface area contributed by atoms with E-state index in [-0.39, 0.29) is 0 Å². The van der Waals surface area contributed by atoms with Crippen LogP contribution in [0.15, 0.2) is 6.07 Å². The quantitative estimate of drug-likeness (QED) is 0.720. The van der Waals surface area contributed by atoms with Crippen molar-refractivity contribution < 1.29 is 9.53 Å². The number of carbonyl (C=O) groups excluding carboxylic acids is 1. The zero-order valence-electron chi connectivity index (χ0n) is 19.1. The number of nitrogens with zero attached hydrogens (tertiary/aromatic N) is 5. The molecule has 0 radical (unpaired) electrons. The normalized spacial score (nSPS) is 31.0. The fourth-order valence-corrected chi connectivity index (χ4v) is 6.35. The highest BCUT2D eigenvalue weighted by Crippen LogP contribution is 2.43. The smallest absolute Gasteiger partial charge is 0.227 e. The van der Waals surface area contributed by atoms with Gasteiger partial charge in [0.2, 0.25) is 11.9 Å². The maximum atomic E-state index is 12.9. The van der Waals surface area contributed by atoms with E-state index in [1.54, 1.807) is 0 Å². The minimum atomic E-state index is 0.396. The molecule has 0 aliphatic carbocycles. The summed E-state index contributed by atoms with van der Waals surface area (Å²) in [6.07, 6.45) is 7.39. The van der Waals surface area contributed by atoms with Crippen molar-refractivity contribution in [3.05, 3.63) is 11.8 Å². The molecule has 5 heterocycles. The zero-order chi connectivity index (χ0) is 21.4. The van der Waals surface area contributed by atoms with Gasteiger partial charge in [-0.1, -0.05) is 20.3 Å². The fraction of sp³-hybridized carbons (Fsp3) is 0.792. The van der Waals surface area contributed by atoms with Crippen molar-refractivity contribution >= 4 is 17.7 Å². The van der Waals surface area contributed by atoms with Gasteiger partial charge in [-0.25, -0.2) is 4.98 Å². The summed E-state index contributed by atoms with van der Waals surface area (Å²) in [4.78, 5) is 29.9. The number of ether oxygens (including phenoxy) is 1. The molecule has 0 N–H and O–H groups in total. The van der Waals surface area contributed by atoms with Crippen LogP contribution < -0.4 is 9.80 Å². The molecule has 170 valence electrons. The standard InChI is InChI=1S/C24H37N5O2/c1-3-6-20-17-13-18(21-7-5-8-23(30)29(20)21)16-28(15-17)22-14-19(4-2)25-24(26-22)27-9-11-31-12-10-27/h14,17-18,20-21H,3-13,15-16H2,1-2H3/t17-,18+,20-,21-/m0/s1. The van der Waals surface area contributed by atoms with E-state index in [0.717, 1.165) is 89.0 Å². The van der Waals surface area contributed by atoms with E-state index >= 15 is 0 Å². The van der Waals surface area contributed by atoms with Gasteiger partial charge in [-0.3, -0.25) is 4.79 Å². The molecule has 0 unspecified atom stereocenters. The van der Waals surface area contributed by atoms with Gasteiger partial charge in [-0.15, -0.1) is 0 Å². The predicted molar refractivity (Wildman–Crippen MR) is 121 cm³/mol. The van der Waals surface area contributed by atoms with Crippen LogP contribution in [0, 0.1) is 11.8 Å².